The van der Waals surface area contributed by atoms with Gasteiger partial charge in [0.25, 0.3) is 0 Å². The molecule has 1 aliphatic carbocycles. The molecule has 0 saturated heterocycles. The van der Waals surface area contributed by atoms with E-state index in [2.05, 4.69) is 17.6 Å². The molecular formula is C19H26N2O4. The number of amides is 2. The van der Waals surface area contributed by atoms with Crippen molar-refractivity contribution < 1.29 is 19.1 Å². The predicted octanol–water partition coefficient (Wildman–Crippen LogP) is 2.74. The summed E-state index contributed by atoms with van der Waals surface area (Å²) in [6, 6.07) is 6.72. The summed E-state index contributed by atoms with van der Waals surface area (Å²) in [6.45, 7) is 4.76. The van der Waals surface area contributed by atoms with E-state index in [9.17, 15) is 14.4 Å². The van der Waals surface area contributed by atoms with Crippen molar-refractivity contribution in [1.82, 2.24) is 5.32 Å². The fourth-order valence-electron chi connectivity index (χ4n) is 2.70. The van der Waals surface area contributed by atoms with Crippen LogP contribution in [0.3, 0.4) is 0 Å². The van der Waals surface area contributed by atoms with Crippen molar-refractivity contribution in [3.8, 4) is 0 Å². The van der Waals surface area contributed by atoms with Crippen LogP contribution in [0.2, 0.25) is 0 Å². The molecule has 1 aliphatic rings. The van der Waals surface area contributed by atoms with Gasteiger partial charge in [0, 0.05) is 6.54 Å². The number of benzene rings is 1. The Morgan fingerprint density at radius 3 is 2.52 bits per heavy atom. The van der Waals surface area contributed by atoms with E-state index in [1.54, 1.807) is 31.2 Å². The fraction of sp³-hybridized carbons (Fsp3) is 0.526. The van der Waals surface area contributed by atoms with Crippen LogP contribution in [-0.2, 0) is 14.3 Å². The normalized spacial score (nSPS) is 18.3. The van der Waals surface area contributed by atoms with Gasteiger partial charge >= 0.3 is 5.97 Å². The van der Waals surface area contributed by atoms with Gasteiger partial charge in [0.2, 0.25) is 11.8 Å². The maximum atomic E-state index is 12.4. The van der Waals surface area contributed by atoms with E-state index in [1.807, 2.05) is 0 Å². The lowest BCUT2D eigenvalue weighted by atomic mass is 10.1. The molecule has 0 radical (unpaired) electrons. The first-order valence-electron chi connectivity index (χ1n) is 8.93. The van der Waals surface area contributed by atoms with Crippen molar-refractivity contribution >= 4 is 23.5 Å². The fourth-order valence-corrected chi connectivity index (χ4v) is 2.70. The molecule has 6 heteroatoms. The summed E-state index contributed by atoms with van der Waals surface area (Å²) in [5.74, 6) is -1.36. The zero-order valence-corrected chi connectivity index (χ0v) is 14.8. The lowest BCUT2D eigenvalue weighted by Crippen LogP contribution is -2.28. The molecule has 6 nitrogen and oxygen atoms in total. The van der Waals surface area contributed by atoms with Gasteiger partial charge in [-0.3, -0.25) is 9.59 Å². The second kappa shape index (κ2) is 9.20. The van der Waals surface area contributed by atoms with E-state index in [1.165, 1.54) is 0 Å². The monoisotopic (exact) mass is 346 g/mol. The maximum Gasteiger partial charge on any atom is 0.340 e. The second-order valence-electron chi connectivity index (χ2n) is 6.20. The first-order chi connectivity index (χ1) is 12.1. The number of carbonyl (C=O) groups is 3. The van der Waals surface area contributed by atoms with Crippen molar-refractivity contribution in [3.05, 3.63) is 29.8 Å². The summed E-state index contributed by atoms with van der Waals surface area (Å²) < 4.78 is 5.00. The van der Waals surface area contributed by atoms with Gasteiger partial charge in [-0.1, -0.05) is 31.9 Å². The van der Waals surface area contributed by atoms with Gasteiger partial charge in [-0.05, 0) is 31.9 Å². The van der Waals surface area contributed by atoms with E-state index in [0.29, 0.717) is 24.2 Å². The lowest BCUT2D eigenvalue weighted by molar-refractivity contribution is -0.125. The van der Waals surface area contributed by atoms with E-state index in [-0.39, 0.29) is 30.3 Å². The summed E-state index contributed by atoms with van der Waals surface area (Å²) in [6.07, 6.45) is 3.69. The SMILES string of the molecule is CCCCCNC(=O)C1CC1C(=O)Nc1ccccc1C(=O)OCC. The highest BCUT2D eigenvalue weighted by Gasteiger charge is 2.48. The van der Waals surface area contributed by atoms with Crippen molar-refractivity contribution in [2.45, 2.75) is 39.5 Å². The molecule has 1 aromatic carbocycles. The number of anilines is 1. The van der Waals surface area contributed by atoms with Crippen molar-refractivity contribution in [2.75, 3.05) is 18.5 Å². The Morgan fingerprint density at radius 2 is 1.80 bits per heavy atom. The van der Waals surface area contributed by atoms with Crippen LogP contribution in [0.1, 0.15) is 49.9 Å². The van der Waals surface area contributed by atoms with Crippen LogP contribution in [0, 0.1) is 11.8 Å². The average Bonchev–Trinajstić information content (AvgIpc) is 3.40. The second-order valence-corrected chi connectivity index (χ2v) is 6.20. The minimum Gasteiger partial charge on any atom is -0.462 e. The van der Waals surface area contributed by atoms with Crippen LogP contribution in [-0.4, -0.2) is 30.9 Å². The quantitative estimate of drug-likeness (QED) is 0.532. The molecule has 2 amide bonds. The third-order valence-electron chi connectivity index (χ3n) is 4.22. The van der Waals surface area contributed by atoms with Crippen molar-refractivity contribution in [2.24, 2.45) is 11.8 Å². The summed E-state index contributed by atoms with van der Waals surface area (Å²) in [5.41, 5.74) is 0.735. The van der Waals surface area contributed by atoms with Gasteiger partial charge in [0.15, 0.2) is 0 Å². The van der Waals surface area contributed by atoms with Gasteiger partial charge in [-0.2, -0.15) is 0 Å². The molecule has 0 bridgehead atoms. The average molecular weight is 346 g/mol. The number of esters is 1. The summed E-state index contributed by atoms with van der Waals surface area (Å²) in [5, 5.41) is 5.63. The number of unbranched alkanes of at least 4 members (excludes halogenated alkanes) is 2. The third kappa shape index (κ3) is 5.31. The Balaban J connectivity index is 1.87. The third-order valence-corrected chi connectivity index (χ3v) is 4.22. The number of para-hydroxylation sites is 1. The largest absolute Gasteiger partial charge is 0.462 e. The van der Waals surface area contributed by atoms with Gasteiger partial charge in [0.1, 0.15) is 0 Å². The Kier molecular flexibility index (Phi) is 6.98. The van der Waals surface area contributed by atoms with E-state index in [0.717, 1.165) is 19.3 Å². The van der Waals surface area contributed by atoms with Crippen LogP contribution < -0.4 is 10.6 Å². The number of hydrogen-bond donors (Lipinski definition) is 2. The number of hydrogen-bond acceptors (Lipinski definition) is 4. The topological polar surface area (TPSA) is 84.5 Å². The number of rotatable bonds is 9. The van der Waals surface area contributed by atoms with Gasteiger partial charge in [-0.15, -0.1) is 0 Å². The minimum absolute atomic E-state index is 0.0602. The summed E-state index contributed by atoms with van der Waals surface area (Å²) in [4.78, 5) is 36.3. The number of nitrogens with one attached hydrogen (secondary N) is 2. The van der Waals surface area contributed by atoms with E-state index >= 15 is 0 Å². The van der Waals surface area contributed by atoms with Crippen LogP contribution in [0.25, 0.3) is 0 Å². The molecule has 0 spiro atoms. The van der Waals surface area contributed by atoms with Crippen LogP contribution in [0.15, 0.2) is 24.3 Å². The van der Waals surface area contributed by atoms with E-state index < -0.39 is 5.97 Å². The highest BCUT2D eigenvalue weighted by atomic mass is 16.5. The first-order valence-corrected chi connectivity index (χ1v) is 8.93. The Labute approximate surface area is 148 Å². The minimum atomic E-state index is -0.473. The Hall–Kier alpha value is -2.37. The zero-order chi connectivity index (χ0) is 18.2. The molecular weight excluding hydrogens is 320 g/mol. The summed E-state index contributed by atoms with van der Waals surface area (Å²) >= 11 is 0. The smallest absolute Gasteiger partial charge is 0.340 e. The number of ether oxygens (including phenoxy) is 1. The molecule has 0 heterocycles. The Bertz CT molecular complexity index is 630. The predicted molar refractivity (Wildman–Crippen MR) is 95.2 cm³/mol. The molecule has 136 valence electrons. The van der Waals surface area contributed by atoms with Crippen LogP contribution >= 0.6 is 0 Å². The summed E-state index contributed by atoms with van der Waals surface area (Å²) in [7, 11) is 0. The van der Waals surface area contributed by atoms with Gasteiger partial charge in [0.05, 0.1) is 29.7 Å². The zero-order valence-electron chi connectivity index (χ0n) is 14.8. The standard InChI is InChI=1S/C19H26N2O4/c1-3-5-8-11-20-17(22)14-12-15(14)18(23)21-16-10-7-6-9-13(16)19(24)25-4-2/h6-7,9-10,14-15H,3-5,8,11-12H2,1-2H3,(H,20,22)(H,21,23). The molecule has 0 aliphatic heterocycles. The maximum absolute atomic E-state index is 12.4. The molecule has 2 unspecified atom stereocenters. The van der Waals surface area contributed by atoms with E-state index in [4.69, 9.17) is 4.74 Å². The molecule has 1 fully saturated rings. The van der Waals surface area contributed by atoms with Crippen LogP contribution in [0.4, 0.5) is 5.69 Å². The molecule has 1 aromatic rings. The van der Waals surface area contributed by atoms with Crippen molar-refractivity contribution in [3.63, 3.8) is 0 Å². The molecule has 25 heavy (non-hydrogen) atoms. The first kappa shape index (κ1) is 19.0. The Morgan fingerprint density at radius 1 is 1.08 bits per heavy atom. The molecule has 1 saturated carbocycles. The molecule has 2 rings (SSSR count). The highest BCUT2D eigenvalue weighted by Crippen LogP contribution is 2.39. The molecule has 0 aromatic heterocycles. The number of carbonyl (C=O) groups excluding carboxylic acids is 3. The molecule has 2 atom stereocenters. The highest BCUT2D eigenvalue weighted by molar-refractivity contribution is 6.04. The van der Waals surface area contributed by atoms with Gasteiger partial charge < -0.3 is 15.4 Å². The van der Waals surface area contributed by atoms with Crippen molar-refractivity contribution in [1.29, 1.82) is 0 Å². The van der Waals surface area contributed by atoms with Crippen LogP contribution in [0.5, 0.6) is 0 Å². The molecule has 2 N–H and O–H groups in total. The van der Waals surface area contributed by atoms with Gasteiger partial charge in [-0.25, -0.2) is 4.79 Å². The lowest BCUT2D eigenvalue weighted by Gasteiger charge is -2.10.